The maximum Gasteiger partial charge on any atom is 0.246 e. The van der Waals surface area contributed by atoms with Crippen molar-refractivity contribution in [2.45, 2.75) is 13.0 Å². The Bertz CT molecular complexity index is 1190. The van der Waals surface area contributed by atoms with Gasteiger partial charge in [0.1, 0.15) is 18.4 Å². The number of rotatable bonds is 6. The highest BCUT2D eigenvalue weighted by molar-refractivity contribution is 7.16. The Morgan fingerprint density at radius 1 is 1.24 bits per heavy atom. The summed E-state index contributed by atoms with van der Waals surface area (Å²) in [4.78, 5) is 30.0. The SMILES string of the molecule is O=C(Cn1cnc2ncncc21)Nc1nc(-c2ccc(Cl)c(Cl)c2)c(CCO)s1. The van der Waals surface area contributed by atoms with Crippen LogP contribution in [0.3, 0.4) is 0 Å². The average molecular weight is 449 g/mol. The lowest BCUT2D eigenvalue weighted by Gasteiger charge is -2.04. The molecule has 0 spiro atoms. The van der Waals surface area contributed by atoms with Crippen molar-refractivity contribution in [3.8, 4) is 11.3 Å². The first kappa shape index (κ1) is 19.7. The predicted molar refractivity (Wildman–Crippen MR) is 112 cm³/mol. The van der Waals surface area contributed by atoms with Gasteiger partial charge in [0.25, 0.3) is 0 Å². The van der Waals surface area contributed by atoms with Crippen molar-refractivity contribution in [1.29, 1.82) is 0 Å². The van der Waals surface area contributed by atoms with Gasteiger partial charge in [0.15, 0.2) is 10.8 Å². The highest BCUT2D eigenvalue weighted by atomic mass is 35.5. The topological polar surface area (TPSA) is 106 Å². The normalized spacial score (nSPS) is 11.1. The number of fused-ring (bicyclic) bond motifs is 1. The summed E-state index contributed by atoms with van der Waals surface area (Å²) >= 11 is 13.4. The second kappa shape index (κ2) is 8.42. The smallest absolute Gasteiger partial charge is 0.246 e. The van der Waals surface area contributed by atoms with E-state index in [0.717, 1.165) is 10.4 Å². The second-order valence-electron chi connectivity index (χ2n) is 6.05. The van der Waals surface area contributed by atoms with Gasteiger partial charge in [-0.1, -0.05) is 29.3 Å². The minimum atomic E-state index is -0.266. The molecule has 3 heterocycles. The first-order valence-corrected chi connectivity index (χ1v) is 10.1. The maximum atomic E-state index is 12.5. The van der Waals surface area contributed by atoms with E-state index in [9.17, 15) is 9.90 Å². The summed E-state index contributed by atoms with van der Waals surface area (Å²) in [5, 5.41) is 13.5. The molecule has 11 heteroatoms. The number of anilines is 1. The molecule has 0 aliphatic carbocycles. The van der Waals surface area contributed by atoms with Crippen LogP contribution >= 0.6 is 34.5 Å². The number of aliphatic hydroxyl groups is 1. The number of hydrogen-bond acceptors (Lipinski definition) is 7. The van der Waals surface area contributed by atoms with Crippen LogP contribution in [0, 0.1) is 0 Å². The molecule has 8 nitrogen and oxygen atoms in total. The van der Waals surface area contributed by atoms with Gasteiger partial charge in [-0.15, -0.1) is 11.3 Å². The van der Waals surface area contributed by atoms with Crippen LogP contribution in [0.15, 0.2) is 37.1 Å². The molecule has 0 saturated heterocycles. The van der Waals surface area contributed by atoms with Gasteiger partial charge in [0.2, 0.25) is 5.91 Å². The number of benzene rings is 1. The fraction of sp³-hybridized carbons (Fsp3) is 0.167. The van der Waals surface area contributed by atoms with Gasteiger partial charge in [-0.3, -0.25) is 4.79 Å². The van der Waals surface area contributed by atoms with Crippen LogP contribution in [0.1, 0.15) is 4.88 Å². The highest BCUT2D eigenvalue weighted by Crippen LogP contribution is 2.34. The molecule has 0 atom stereocenters. The van der Waals surface area contributed by atoms with Gasteiger partial charge in [-0.25, -0.2) is 19.9 Å². The van der Waals surface area contributed by atoms with Crippen molar-refractivity contribution in [1.82, 2.24) is 24.5 Å². The third-order valence-electron chi connectivity index (χ3n) is 4.09. The van der Waals surface area contributed by atoms with Gasteiger partial charge < -0.3 is 15.0 Å². The van der Waals surface area contributed by atoms with Gasteiger partial charge in [-0.2, -0.15) is 0 Å². The number of aliphatic hydroxyl groups excluding tert-OH is 1. The number of halogens is 2. The van der Waals surface area contributed by atoms with Crippen molar-refractivity contribution in [3.63, 3.8) is 0 Å². The Morgan fingerprint density at radius 3 is 2.90 bits per heavy atom. The average Bonchev–Trinajstić information content (AvgIpc) is 3.29. The minimum Gasteiger partial charge on any atom is -0.396 e. The molecule has 0 aliphatic rings. The van der Waals surface area contributed by atoms with Gasteiger partial charge >= 0.3 is 0 Å². The molecule has 29 heavy (non-hydrogen) atoms. The zero-order valence-corrected chi connectivity index (χ0v) is 17.2. The summed E-state index contributed by atoms with van der Waals surface area (Å²) in [6, 6.07) is 5.20. The molecule has 0 aliphatic heterocycles. The van der Waals surface area contributed by atoms with Crippen LogP contribution in [0.4, 0.5) is 5.13 Å². The highest BCUT2D eigenvalue weighted by Gasteiger charge is 2.16. The molecule has 1 amide bonds. The largest absolute Gasteiger partial charge is 0.396 e. The van der Waals surface area contributed by atoms with E-state index in [1.54, 1.807) is 35.3 Å². The number of aromatic nitrogens is 5. The minimum absolute atomic E-state index is 0.0368. The fourth-order valence-corrected chi connectivity index (χ4v) is 4.08. The lowest BCUT2D eigenvalue weighted by Crippen LogP contribution is -2.18. The summed E-state index contributed by atoms with van der Waals surface area (Å²) in [6.07, 6.45) is 4.96. The molecule has 3 aromatic heterocycles. The number of carbonyl (C=O) groups excluding carboxylic acids is 1. The first-order chi connectivity index (χ1) is 14.0. The molecule has 0 radical (unpaired) electrons. The number of thiazole rings is 1. The van der Waals surface area contributed by atoms with Crippen molar-refractivity contribution >= 4 is 56.7 Å². The molecule has 4 rings (SSSR count). The van der Waals surface area contributed by atoms with Gasteiger partial charge in [0.05, 0.1) is 28.3 Å². The van der Waals surface area contributed by atoms with Crippen molar-refractivity contribution in [2.24, 2.45) is 0 Å². The molecule has 0 bridgehead atoms. The van der Waals surface area contributed by atoms with E-state index in [4.69, 9.17) is 23.2 Å². The lowest BCUT2D eigenvalue weighted by molar-refractivity contribution is -0.116. The first-order valence-electron chi connectivity index (χ1n) is 8.52. The zero-order chi connectivity index (χ0) is 20.4. The van der Waals surface area contributed by atoms with E-state index in [2.05, 4.69) is 25.3 Å². The summed E-state index contributed by atoms with van der Waals surface area (Å²) in [5.41, 5.74) is 2.60. The molecular weight excluding hydrogens is 435 g/mol. The van der Waals surface area contributed by atoms with Gasteiger partial charge in [0, 0.05) is 23.5 Å². The number of carbonyl (C=O) groups is 1. The van der Waals surface area contributed by atoms with E-state index < -0.39 is 0 Å². The predicted octanol–water partition coefficient (Wildman–Crippen LogP) is 3.43. The number of imidazole rings is 1. The molecule has 0 fully saturated rings. The Morgan fingerprint density at radius 2 is 2.10 bits per heavy atom. The Kier molecular flexibility index (Phi) is 5.72. The molecule has 0 saturated carbocycles. The van der Waals surface area contributed by atoms with E-state index in [0.29, 0.717) is 38.5 Å². The number of amides is 1. The summed E-state index contributed by atoms with van der Waals surface area (Å²) in [5.74, 6) is -0.266. The third-order valence-corrected chi connectivity index (χ3v) is 5.86. The monoisotopic (exact) mass is 448 g/mol. The Hall–Kier alpha value is -2.59. The van der Waals surface area contributed by atoms with Crippen LogP contribution in [-0.2, 0) is 17.8 Å². The van der Waals surface area contributed by atoms with Crippen LogP contribution in [-0.4, -0.2) is 42.1 Å². The van der Waals surface area contributed by atoms with Crippen LogP contribution in [0.25, 0.3) is 22.4 Å². The van der Waals surface area contributed by atoms with Crippen LogP contribution in [0.2, 0.25) is 10.0 Å². The van der Waals surface area contributed by atoms with Crippen LogP contribution in [0.5, 0.6) is 0 Å². The molecule has 0 unspecified atom stereocenters. The molecular formula is C18H14Cl2N6O2S. The summed E-state index contributed by atoms with van der Waals surface area (Å²) in [7, 11) is 0. The quantitative estimate of drug-likeness (QED) is 0.467. The molecule has 2 N–H and O–H groups in total. The Labute approximate surface area is 179 Å². The van der Waals surface area contributed by atoms with E-state index >= 15 is 0 Å². The molecule has 1 aromatic carbocycles. The number of nitrogens with zero attached hydrogens (tertiary/aromatic N) is 5. The van der Waals surface area contributed by atoms with E-state index in [-0.39, 0.29) is 19.1 Å². The summed E-state index contributed by atoms with van der Waals surface area (Å²) in [6.45, 7) is 0.00577. The molecule has 4 aromatic rings. The van der Waals surface area contributed by atoms with Crippen molar-refractivity contribution in [3.05, 3.63) is 52.0 Å². The van der Waals surface area contributed by atoms with Crippen LogP contribution < -0.4 is 5.32 Å². The van der Waals surface area contributed by atoms with Crippen molar-refractivity contribution in [2.75, 3.05) is 11.9 Å². The standard InChI is InChI=1S/C18H14Cl2N6O2S/c19-11-2-1-10(5-12(11)20)16-14(3-4-27)29-18(25-16)24-15(28)7-26-9-23-17-13(26)6-21-8-22-17/h1-2,5-6,8-9,27H,3-4,7H2,(H,24,25,28). The van der Waals surface area contributed by atoms with E-state index in [1.807, 2.05) is 0 Å². The third kappa shape index (κ3) is 4.23. The van der Waals surface area contributed by atoms with E-state index in [1.165, 1.54) is 17.7 Å². The van der Waals surface area contributed by atoms with Crippen molar-refractivity contribution < 1.29 is 9.90 Å². The molecule has 148 valence electrons. The zero-order valence-electron chi connectivity index (χ0n) is 14.8. The second-order valence-corrected chi connectivity index (χ2v) is 7.94. The summed E-state index contributed by atoms with van der Waals surface area (Å²) < 4.78 is 1.66. The Balaban J connectivity index is 1.56. The lowest BCUT2D eigenvalue weighted by atomic mass is 10.1. The fourth-order valence-electron chi connectivity index (χ4n) is 2.79. The number of nitrogens with one attached hydrogen (secondary N) is 1. The number of hydrogen-bond donors (Lipinski definition) is 2. The van der Waals surface area contributed by atoms with Gasteiger partial charge in [-0.05, 0) is 12.1 Å². The maximum absolute atomic E-state index is 12.5.